The third kappa shape index (κ3) is 11.0. The van der Waals surface area contributed by atoms with Gasteiger partial charge in [-0.25, -0.2) is 9.59 Å². The summed E-state index contributed by atoms with van der Waals surface area (Å²) in [5, 5.41) is 0. The maximum atomic E-state index is 11.1. The number of hydrogen-bond acceptors (Lipinski definition) is 6. The van der Waals surface area contributed by atoms with Crippen LogP contribution in [0.4, 0.5) is 9.59 Å². The van der Waals surface area contributed by atoms with Gasteiger partial charge in [0, 0.05) is 0 Å². The first kappa shape index (κ1) is 16.5. The van der Waals surface area contributed by atoms with E-state index in [0.717, 1.165) is 0 Å². The van der Waals surface area contributed by atoms with Crippen LogP contribution in [0.1, 0.15) is 41.5 Å². The Labute approximate surface area is 108 Å². The van der Waals surface area contributed by atoms with Gasteiger partial charge >= 0.3 is 12.3 Å². The molecule has 6 nitrogen and oxygen atoms in total. The SMILES string of the molecule is CC(C)(C)OC(=O)OCCOC(=O)OC(C)(C)C. The molecule has 0 amide bonds. The molecule has 0 fully saturated rings. The lowest BCUT2D eigenvalue weighted by atomic mass is 10.2. The van der Waals surface area contributed by atoms with Crippen molar-refractivity contribution in [2.45, 2.75) is 52.7 Å². The van der Waals surface area contributed by atoms with Crippen LogP contribution in [0.3, 0.4) is 0 Å². The van der Waals surface area contributed by atoms with E-state index in [-0.39, 0.29) is 13.2 Å². The molecule has 106 valence electrons. The largest absolute Gasteiger partial charge is 0.508 e. The predicted octanol–water partition coefficient (Wildman–Crippen LogP) is 2.89. The summed E-state index contributed by atoms with van der Waals surface area (Å²) in [4.78, 5) is 22.2. The fourth-order valence-corrected chi connectivity index (χ4v) is 0.809. The van der Waals surface area contributed by atoms with E-state index in [9.17, 15) is 9.59 Å². The fourth-order valence-electron chi connectivity index (χ4n) is 0.809. The summed E-state index contributed by atoms with van der Waals surface area (Å²) in [7, 11) is 0. The van der Waals surface area contributed by atoms with E-state index in [2.05, 4.69) is 0 Å². The Morgan fingerprint density at radius 1 is 0.722 bits per heavy atom. The van der Waals surface area contributed by atoms with Crippen molar-refractivity contribution in [3.63, 3.8) is 0 Å². The molecular weight excluding hydrogens is 240 g/mol. The Morgan fingerprint density at radius 2 is 1.00 bits per heavy atom. The molecule has 0 aromatic carbocycles. The van der Waals surface area contributed by atoms with E-state index in [0.29, 0.717) is 0 Å². The second-order valence-corrected chi connectivity index (χ2v) is 5.63. The monoisotopic (exact) mass is 262 g/mol. The maximum absolute atomic E-state index is 11.1. The van der Waals surface area contributed by atoms with Crippen molar-refractivity contribution in [3.05, 3.63) is 0 Å². The highest BCUT2D eigenvalue weighted by molar-refractivity contribution is 5.61. The Hall–Kier alpha value is -1.46. The molecule has 0 atom stereocenters. The summed E-state index contributed by atoms with van der Waals surface area (Å²) in [6.45, 7) is 10.2. The number of carbonyl (C=O) groups excluding carboxylic acids is 2. The van der Waals surface area contributed by atoms with E-state index in [4.69, 9.17) is 18.9 Å². The van der Waals surface area contributed by atoms with Crippen LogP contribution >= 0.6 is 0 Å². The molecule has 0 saturated heterocycles. The van der Waals surface area contributed by atoms with Crippen molar-refractivity contribution < 1.29 is 28.5 Å². The lowest BCUT2D eigenvalue weighted by molar-refractivity contribution is -0.0321. The first-order valence-electron chi connectivity index (χ1n) is 5.71. The Bertz CT molecular complexity index is 254. The maximum Gasteiger partial charge on any atom is 0.508 e. The third-order valence-electron chi connectivity index (χ3n) is 1.30. The van der Waals surface area contributed by atoms with Gasteiger partial charge in [-0.05, 0) is 41.5 Å². The van der Waals surface area contributed by atoms with E-state index in [1.165, 1.54) is 0 Å². The highest BCUT2D eigenvalue weighted by Crippen LogP contribution is 2.09. The lowest BCUT2D eigenvalue weighted by Gasteiger charge is -2.20. The van der Waals surface area contributed by atoms with Crippen molar-refractivity contribution in [2.24, 2.45) is 0 Å². The Morgan fingerprint density at radius 3 is 1.22 bits per heavy atom. The molecule has 0 radical (unpaired) electrons. The molecule has 6 heteroatoms. The molecule has 0 unspecified atom stereocenters. The van der Waals surface area contributed by atoms with Gasteiger partial charge in [0.15, 0.2) is 0 Å². The summed E-state index contributed by atoms with van der Waals surface area (Å²) < 4.78 is 19.2. The highest BCUT2D eigenvalue weighted by atomic mass is 16.8. The van der Waals surface area contributed by atoms with Gasteiger partial charge < -0.3 is 18.9 Å². The van der Waals surface area contributed by atoms with Crippen LogP contribution in [0.2, 0.25) is 0 Å². The molecule has 0 aliphatic rings. The number of hydrogen-bond donors (Lipinski definition) is 0. The number of rotatable bonds is 3. The van der Waals surface area contributed by atoms with Crippen LogP contribution in [0, 0.1) is 0 Å². The molecule has 0 aromatic heterocycles. The van der Waals surface area contributed by atoms with Crippen LogP contribution in [0.5, 0.6) is 0 Å². The predicted molar refractivity (Wildman–Crippen MR) is 64.4 cm³/mol. The quantitative estimate of drug-likeness (QED) is 0.575. The first-order chi connectivity index (χ1) is 7.99. The van der Waals surface area contributed by atoms with Gasteiger partial charge in [0.1, 0.15) is 24.4 Å². The van der Waals surface area contributed by atoms with E-state index in [1.807, 2.05) is 0 Å². The molecule has 0 aliphatic carbocycles. The molecule has 0 bridgehead atoms. The van der Waals surface area contributed by atoms with Crippen LogP contribution in [-0.4, -0.2) is 36.7 Å². The van der Waals surface area contributed by atoms with Gasteiger partial charge in [-0.2, -0.15) is 0 Å². The topological polar surface area (TPSA) is 71.1 Å². The zero-order valence-electron chi connectivity index (χ0n) is 11.9. The first-order valence-corrected chi connectivity index (χ1v) is 5.71. The molecule has 18 heavy (non-hydrogen) atoms. The van der Waals surface area contributed by atoms with Crippen LogP contribution in [0.15, 0.2) is 0 Å². The standard InChI is InChI=1S/C12H22O6/c1-11(2,3)17-9(13)15-7-8-16-10(14)18-12(4,5)6/h7-8H2,1-6H3. The van der Waals surface area contributed by atoms with E-state index >= 15 is 0 Å². The average Bonchev–Trinajstić information content (AvgIpc) is 2.06. The molecule has 0 aliphatic heterocycles. The summed E-state index contributed by atoms with van der Waals surface area (Å²) in [5.74, 6) is 0. The van der Waals surface area contributed by atoms with Crippen molar-refractivity contribution in [1.82, 2.24) is 0 Å². The van der Waals surface area contributed by atoms with Gasteiger partial charge in [-0.15, -0.1) is 0 Å². The highest BCUT2D eigenvalue weighted by Gasteiger charge is 2.19. The Balaban J connectivity index is 3.69. The molecule has 0 rings (SSSR count). The van der Waals surface area contributed by atoms with Crippen molar-refractivity contribution >= 4 is 12.3 Å². The van der Waals surface area contributed by atoms with E-state index in [1.54, 1.807) is 41.5 Å². The van der Waals surface area contributed by atoms with Crippen molar-refractivity contribution in [3.8, 4) is 0 Å². The van der Waals surface area contributed by atoms with Gasteiger partial charge in [0.2, 0.25) is 0 Å². The fraction of sp³-hybridized carbons (Fsp3) is 0.833. The zero-order valence-corrected chi connectivity index (χ0v) is 11.9. The second kappa shape index (κ2) is 6.47. The van der Waals surface area contributed by atoms with Crippen LogP contribution < -0.4 is 0 Å². The van der Waals surface area contributed by atoms with Crippen LogP contribution in [0.25, 0.3) is 0 Å². The summed E-state index contributed by atoms with van der Waals surface area (Å²) in [5.41, 5.74) is -1.22. The smallest absolute Gasteiger partial charge is 0.431 e. The van der Waals surface area contributed by atoms with Crippen molar-refractivity contribution in [1.29, 1.82) is 0 Å². The molecule has 0 saturated carbocycles. The lowest BCUT2D eigenvalue weighted by Crippen LogP contribution is -2.27. The minimum atomic E-state index is -0.796. The summed E-state index contributed by atoms with van der Waals surface area (Å²) in [6, 6.07) is 0. The minimum Gasteiger partial charge on any atom is -0.431 e. The molecule has 0 aromatic rings. The third-order valence-corrected chi connectivity index (χ3v) is 1.30. The number of ether oxygens (including phenoxy) is 4. The zero-order chi connectivity index (χ0) is 14.4. The van der Waals surface area contributed by atoms with Gasteiger partial charge in [-0.3, -0.25) is 0 Å². The van der Waals surface area contributed by atoms with E-state index < -0.39 is 23.5 Å². The Kier molecular flexibility index (Phi) is 5.94. The molecular formula is C12H22O6. The minimum absolute atomic E-state index is 0.0752. The molecule has 0 heterocycles. The average molecular weight is 262 g/mol. The van der Waals surface area contributed by atoms with Crippen LogP contribution in [-0.2, 0) is 18.9 Å². The molecule has 0 N–H and O–H groups in total. The molecule has 0 spiro atoms. The van der Waals surface area contributed by atoms with Gasteiger partial charge in [0.05, 0.1) is 0 Å². The van der Waals surface area contributed by atoms with Gasteiger partial charge in [0.25, 0.3) is 0 Å². The van der Waals surface area contributed by atoms with Crippen molar-refractivity contribution in [2.75, 3.05) is 13.2 Å². The normalized spacial score (nSPS) is 11.7. The summed E-state index contributed by atoms with van der Waals surface area (Å²) in [6.07, 6.45) is -1.59. The second-order valence-electron chi connectivity index (χ2n) is 5.63. The number of carbonyl (C=O) groups is 2. The summed E-state index contributed by atoms with van der Waals surface area (Å²) >= 11 is 0. The van der Waals surface area contributed by atoms with Gasteiger partial charge in [-0.1, -0.05) is 0 Å².